The molecule has 0 bridgehead atoms. The van der Waals surface area contributed by atoms with E-state index in [-0.39, 0.29) is 41.4 Å². The Labute approximate surface area is 229 Å². The number of benzene rings is 2. The summed E-state index contributed by atoms with van der Waals surface area (Å²) in [5, 5.41) is 12.8. The number of fused-ring (bicyclic) bond motifs is 1. The van der Waals surface area contributed by atoms with Crippen LogP contribution in [0.2, 0.25) is 0 Å². The Hall–Kier alpha value is -3.57. The maximum Gasteiger partial charge on any atom is 0.301 e. The number of ether oxygens (including phenoxy) is 2. The Morgan fingerprint density at radius 2 is 2.18 bits per heavy atom. The molecule has 0 amide bonds. The molecule has 11 nitrogen and oxygen atoms in total. The van der Waals surface area contributed by atoms with Gasteiger partial charge in [-0.25, -0.2) is 9.37 Å². The molecule has 3 heterocycles. The van der Waals surface area contributed by atoms with E-state index in [0.29, 0.717) is 6.42 Å². The van der Waals surface area contributed by atoms with E-state index < -0.39 is 56.8 Å². The van der Waals surface area contributed by atoms with Gasteiger partial charge in [-0.2, -0.15) is 18.0 Å². The van der Waals surface area contributed by atoms with Gasteiger partial charge in [0.25, 0.3) is 5.56 Å². The largest absolute Gasteiger partial charge is 0.453 e. The van der Waals surface area contributed by atoms with E-state index in [0.717, 1.165) is 42.4 Å². The number of piperidine rings is 1. The van der Waals surface area contributed by atoms with Crippen molar-refractivity contribution in [2.45, 2.75) is 37.8 Å². The molecule has 39 heavy (non-hydrogen) atoms. The van der Waals surface area contributed by atoms with Crippen LogP contribution in [0.3, 0.4) is 0 Å². The lowest BCUT2D eigenvalue weighted by Gasteiger charge is -2.32. The van der Waals surface area contributed by atoms with E-state index in [9.17, 15) is 18.5 Å². The summed E-state index contributed by atoms with van der Waals surface area (Å²) in [6, 6.07) is 1.44. The van der Waals surface area contributed by atoms with Gasteiger partial charge >= 0.3 is 10.2 Å². The molecule has 1 aromatic heterocycles. The minimum absolute atomic E-state index is 0.117. The van der Waals surface area contributed by atoms with Gasteiger partial charge < -0.3 is 14.8 Å². The van der Waals surface area contributed by atoms with Crippen LogP contribution >= 0.6 is 0 Å². The molecule has 2 aliphatic rings. The van der Waals surface area contributed by atoms with Gasteiger partial charge in [0, 0.05) is 13.6 Å². The van der Waals surface area contributed by atoms with Gasteiger partial charge in [0.1, 0.15) is 17.4 Å². The fraction of sp³-hybridized carbons (Fsp3) is 0.423. The minimum Gasteiger partial charge on any atom is -0.453 e. The molecular weight excluding hydrogens is 527 g/mol. The summed E-state index contributed by atoms with van der Waals surface area (Å²) in [6.45, 7) is 3.57. The maximum atomic E-state index is 15.0. The van der Waals surface area contributed by atoms with Gasteiger partial charge in [-0.3, -0.25) is 14.1 Å². The van der Waals surface area contributed by atoms with Crippen LogP contribution < -0.4 is 20.3 Å². The number of nitriles is 1. The molecule has 0 radical (unpaired) electrons. The Kier molecular flexibility index (Phi) is 6.30. The van der Waals surface area contributed by atoms with Crippen LogP contribution in [-0.4, -0.2) is 61.2 Å². The normalized spacial score (nSPS) is 20.0. The van der Waals surface area contributed by atoms with E-state index in [1.807, 2.05) is 0 Å². The first-order chi connectivity index (χ1) is 19.9. The monoisotopic (exact) mass is 559 g/mol. The predicted molar refractivity (Wildman–Crippen MR) is 142 cm³/mol. The summed E-state index contributed by atoms with van der Waals surface area (Å²) >= 11 is 0. The molecule has 206 valence electrons. The first-order valence-electron chi connectivity index (χ1n) is 13.9. The number of anilines is 1. The zero-order valence-electron chi connectivity index (χ0n) is 24.4. The van der Waals surface area contributed by atoms with Gasteiger partial charge in [0.2, 0.25) is 0 Å². The lowest BCUT2D eigenvalue weighted by Crippen LogP contribution is -2.41. The van der Waals surface area contributed by atoms with E-state index >= 15 is 4.39 Å². The molecule has 2 aliphatic heterocycles. The molecule has 2 saturated heterocycles. The maximum absolute atomic E-state index is 15.0. The fourth-order valence-corrected chi connectivity index (χ4v) is 5.76. The molecule has 3 aromatic rings. The van der Waals surface area contributed by atoms with Gasteiger partial charge in [0.05, 0.1) is 45.3 Å². The lowest BCUT2D eigenvalue weighted by molar-refractivity contribution is -0.0196. The van der Waals surface area contributed by atoms with Crippen LogP contribution in [0.25, 0.3) is 10.9 Å². The highest BCUT2D eigenvalue weighted by molar-refractivity contribution is 7.90. The second kappa shape index (κ2) is 10.5. The van der Waals surface area contributed by atoms with Crippen LogP contribution in [0.4, 0.5) is 10.1 Å². The van der Waals surface area contributed by atoms with Crippen molar-refractivity contribution in [1.82, 2.24) is 19.2 Å². The zero-order chi connectivity index (χ0) is 30.4. The second-order valence-electron chi connectivity index (χ2n) is 9.52. The third-order valence-corrected chi connectivity index (χ3v) is 8.70. The smallest absolute Gasteiger partial charge is 0.301 e. The predicted octanol–water partition coefficient (Wildman–Crippen LogP) is 2.89. The minimum atomic E-state index is -4.10. The molecule has 0 aliphatic carbocycles. The Bertz CT molecular complexity index is 1780. The Balaban J connectivity index is 1.59. The van der Waals surface area contributed by atoms with Crippen molar-refractivity contribution >= 4 is 26.8 Å². The summed E-state index contributed by atoms with van der Waals surface area (Å²) in [4.78, 5) is 17.9. The molecule has 2 fully saturated rings. The zero-order valence-corrected chi connectivity index (χ0v) is 22.2. The quantitative estimate of drug-likeness (QED) is 0.451. The van der Waals surface area contributed by atoms with E-state index in [4.69, 9.17) is 13.6 Å². The summed E-state index contributed by atoms with van der Waals surface area (Å²) in [6.07, 6.45) is 3.43. The van der Waals surface area contributed by atoms with Crippen molar-refractivity contribution in [3.8, 4) is 17.6 Å². The van der Waals surface area contributed by atoms with Crippen LogP contribution in [0.1, 0.15) is 41.9 Å². The van der Waals surface area contributed by atoms with Crippen molar-refractivity contribution in [2.24, 2.45) is 0 Å². The standard InChI is InChI=1S/C26H29FN6O5S/c1-3-32(2)39(35,36)31-23-7-5-21(27)24(20(23)14-28)38-18-4-6-22-19(12-18)25(34)33(16-30-22)17-13-26(37-15-17)8-10-29-11-9-26/h4-7,12,16-17,29,31H,3,8-11,13,15H2,1-2H3/t17-/m1/s1/i4D,6D,12D. The number of nitrogens with one attached hydrogen (secondary N) is 2. The second-order valence-corrected chi connectivity index (χ2v) is 11.3. The van der Waals surface area contributed by atoms with E-state index in [2.05, 4.69) is 15.0 Å². The summed E-state index contributed by atoms with van der Waals surface area (Å²) in [5.41, 5.74) is -2.05. The van der Waals surface area contributed by atoms with Crippen molar-refractivity contribution in [1.29, 1.82) is 5.26 Å². The highest BCUT2D eigenvalue weighted by atomic mass is 32.2. The molecule has 5 rings (SSSR count). The molecule has 0 saturated carbocycles. The van der Waals surface area contributed by atoms with Crippen LogP contribution in [0.5, 0.6) is 11.5 Å². The van der Waals surface area contributed by atoms with Crippen molar-refractivity contribution in [2.75, 3.05) is 38.0 Å². The van der Waals surface area contributed by atoms with E-state index in [1.165, 1.54) is 17.9 Å². The first-order valence-corrected chi connectivity index (χ1v) is 13.9. The summed E-state index contributed by atoms with van der Waals surface area (Å²) < 4.78 is 82.0. The van der Waals surface area contributed by atoms with Crippen LogP contribution in [0.15, 0.2) is 41.4 Å². The Morgan fingerprint density at radius 3 is 2.90 bits per heavy atom. The first kappa shape index (κ1) is 23.3. The molecule has 13 heteroatoms. The van der Waals surface area contributed by atoms with Crippen molar-refractivity contribution < 1.29 is 26.4 Å². The number of hydrogen-bond acceptors (Lipinski definition) is 8. The fourth-order valence-electron chi connectivity index (χ4n) is 4.82. The number of aromatic nitrogens is 2. The van der Waals surface area contributed by atoms with Gasteiger partial charge in [-0.15, -0.1) is 0 Å². The highest BCUT2D eigenvalue weighted by Crippen LogP contribution is 2.39. The molecule has 2 aromatic carbocycles. The van der Waals surface area contributed by atoms with E-state index in [1.54, 1.807) is 13.0 Å². The number of halogens is 1. The average Bonchev–Trinajstić information content (AvgIpc) is 3.37. The summed E-state index contributed by atoms with van der Waals surface area (Å²) in [7, 11) is -2.79. The number of rotatable bonds is 7. The average molecular weight is 560 g/mol. The van der Waals surface area contributed by atoms with Gasteiger partial charge in [-0.05, 0) is 62.6 Å². The highest BCUT2D eigenvalue weighted by Gasteiger charge is 2.42. The molecular formula is C26H29FN6O5S. The molecule has 0 unspecified atom stereocenters. The lowest BCUT2D eigenvalue weighted by atomic mass is 9.88. The van der Waals surface area contributed by atoms with Crippen molar-refractivity contribution in [3.63, 3.8) is 0 Å². The van der Waals surface area contributed by atoms with Gasteiger partial charge in [-0.1, -0.05) is 6.92 Å². The topological polar surface area (TPSA) is 139 Å². The number of nitrogens with zero attached hydrogens (tertiary/aromatic N) is 4. The molecule has 1 atom stereocenters. The molecule has 2 N–H and O–H groups in total. The Morgan fingerprint density at radius 1 is 1.41 bits per heavy atom. The summed E-state index contributed by atoms with van der Waals surface area (Å²) in [5.74, 6) is -2.50. The molecule has 1 spiro atoms. The third kappa shape index (κ3) is 5.20. The van der Waals surface area contributed by atoms with Crippen LogP contribution in [0, 0.1) is 17.1 Å². The van der Waals surface area contributed by atoms with Crippen molar-refractivity contribution in [3.05, 3.63) is 58.3 Å². The number of hydrogen-bond donors (Lipinski definition) is 2. The van der Waals surface area contributed by atoms with Crippen LogP contribution in [-0.2, 0) is 14.9 Å². The SMILES string of the molecule is [2H]c1c(Oc2c(F)ccc(NS(=O)(=O)N(C)CC)c2C#N)c([2H])c2c(=O)n([C@H]3COC4(CCNCC4)C3)cnc2c1[2H]. The third-order valence-electron chi connectivity index (χ3n) is 7.15. The van der Waals surface area contributed by atoms with Gasteiger partial charge in [0.15, 0.2) is 11.6 Å².